The molecule has 98 valence electrons. The lowest BCUT2D eigenvalue weighted by molar-refractivity contribution is 0.510. The van der Waals surface area contributed by atoms with Crippen molar-refractivity contribution < 1.29 is 0 Å². The monoisotopic (exact) mass is 254 g/mol. The Morgan fingerprint density at radius 3 is 2.74 bits per heavy atom. The number of amidine groups is 1. The van der Waals surface area contributed by atoms with Gasteiger partial charge in [0.25, 0.3) is 0 Å². The second-order valence-electron chi connectivity index (χ2n) is 4.78. The molecule has 0 fully saturated rings. The SMILES string of the molecule is CCCC[N+]1(c2ccccc2)C=CN=C1CCC#N. The van der Waals surface area contributed by atoms with Crippen LogP contribution in [0.25, 0.3) is 0 Å². The van der Waals surface area contributed by atoms with E-state index in [1.165, 1.54) is 5.69 Å². The minimum absolute atomic E-state index is 0.527. The largest absolute Gasteiger partial charge is 0.219 e. The molecule has 1 aliphatic heterocycles. The minimum atomic E-state index is 0.527. The predicted octanol–water partition coefficient (Wildman–Crippen LogP) is 3.98. The molecule has 3 heteroatoms. The third-order valence-corrected chi connectivity index (χ3v) is 3.55. The Morgan fingerprint density at radius 2 is 2.05 bits per heavy atom. The van der Waals surface area contributed by atoms with E-state index in [1.807, 2.05) is 12.3 Å². The maximum Gasteiger partial charge on any atom is 0.213 e. The van der Waals surface area contributed by atoms with E-state index in [4.69, 9.17) is 5.26 Å². The third-order valence-electron chi connectivity index (χ3n) is 3.55. The highest BCUT2D eigenvalue weighted by atomic mass is 15.4. The molecule has 0 spiro atoms. The quantitative estimate of drug-likeness (QED) is 0.707. The van der Waals surface area contributed by atoms with Crippen LogP contribution in [0.2, 0.25) is 0 Å². The molecular formula is C16H20N3+. The Morgan fingerprint density at radius 1 is 1.26 bits per heavy atom. The van der Waals surface area contributed by atoms with E-state index in [0.29, 0.717) is 10.9 Å². The van der Waals surface area contributed by atoms with Gasteiger partial charge in [0, 0.05) is 6.42 Å². The Balaban J connectivity index is 2.33. The number of quaternary nitrogens is 1. The van der Waals surface area contributed by atoms with Crippen molar-refractivity contribution in [2.45, 2.75) is 32.6 Å². The van der Waals surface area contributed by atoms with Crippen LogP contribution in [0.4, 0.5) is 5.69 Å². The van der Waals surface area contributed by atoms with E-state index in [2.05, 4.69) is 48.5 Å². The van der Waals surface area contributed by atoms with Crippen molar-refractivity contribution in [3.05, 3.63) is 42.7 Å². The fourth-order valence-corrected chi connectivity index (χ4v) is 2.52. The molecule has 0 radical (unpaired) electrons. The van der Waals surface area contributed by atoms with Crippen LogP contribution in [0, 0.1) is 11.3 Å². The van der Waals surface area contributed by atoms with E-state index >= 15 is 0 Å². The van der Waals surface area contributed by atoms with Crippen molar-refractivity contribution >= 4 is 11.5 Å². The first-order valence-electron chi connectivity index (χ1n) is 6.89. The first-order chi connectivity index (χ1) is 9.33. The van der Waals surface area contributed by atoms with Crippen LogP contribution >= 0.6 is 0 Å². The molecule has 1 aromatic carbocycles. The molecule has 0 bridgehead atoms. The summed E-state index contributed by atoms with van der Waals surface area (Å²) in [5.41, 5.74) is 1.24. The number of nitriles is 1. The molecule has 0 aliphatic carbocycles. The van der Waals surface area contributed by atoms with Gasteiger partial charge < -0.3 is 0 Å². The highest BCUT2D eigenvalue weighted by Gasteiger charge is 2.36. The Hall–Kier alpha value is -1.92. The summed E-state index contributed by atoms with van der Waals surface area (Å²) in [6, 6.07) is 12.7. The Kier molecular flexibility index (Phi) is 4.48. The number of aliphatic imine (C=N–C) groups is 1. The topological polar surface area (TPSA) is 36.1 Å². The lowest BCUT2D eigenvalue weighted by atomic mass is 10.1. The van der Waals surface area contributed by atoms with Gasteiger partial charge in [0.15, 0.2) is 0 Å². The first-order valence-corrected chi connectivity index (χ1v) is 6.89. The van der Waals surface area contributed by atoms with Gasteiger partial charge in [0.1, 0.15) is 11.9 Å². The van der Waals surface area contributed by atoms with Crippen LogP contribution in [-0.4, -0.2) is 12.4 Å². The molecule has 1 unspecified atom stereocenters. The first kappa shape index (κ1) is 13.5. The van der Waals surface area contributed by atoms with E-state index in [9.17, 15) is 0 Å². The van der Waals surface area contributed by atoms with Gasteiger partial charge in [-0.3, -0.25) is 0 Å². The predicted molar refractivity (Wildman–Crippen MR) is 79.4 cm³/mol. The normalized spacial score (nSPS) is 21.2. The maximum absolute atomic E-state index is 8.81. The molecule has 19 heavy (non-hydrogen) atoms. The number of hydrogen-bond donors (Lipinski definition) is 0. The van der Waals surface area contributed by atoms with E-state index in [0.717, 1.165) is 31.6 Å². The third kappa shape index (κ3) is 2.74. The van der Waals surface area contributed by atoms with Gasteiger partial charge in [-0.15, -0.1) is 0 Å². The fourth-order valence-electron chi connectivity index (χ4n) is 2.52. The zero-order valence-electron chi connectivity index (χ0n) is 11.4. The van der Waals surface area contributed by atoms with Crippen molar-refractivity contribution in [3.8, 4) is 6.07 Å². The summed E-state index contributed by atoms with van der Waals surface area (Å²) in [6.07, 6.45) is 7.60. The van der Waals surface area contributed by atoms with Gasteiger partial charge in [-0.1, -0.05) is 31.5 Å². The fraction of sp³-hybridized carbons (Fsp3) is 0.375. The molecule has 0 N–H and O–H groups in total. The molecule has 2 rings (SSSR count). The van der Waals surface area contributed by atoms with Crippen LogP contribution in [-0.2, 0) is 0 Å². The second kappa shape index (κ2) is 6.31. The van der Waals surface area contributed by atoms with Crippen LogP contribution < -0.4 is 4.48 Å². The van der Waals surface area contributed by atoms with Crippen LogP contribution in [0.15, 0.2) is 47.7 Å². The number of hydrogen-bond acceptors (Lipinski definition) is 2. The summed E-state index contributed by atoms with van der Waals surface area (Å²) >= 11 is 0. The molecule has 1 atom stereocenters. The molecule has 0 aromatic heterocycles. The highest BCUT2D eigenvalue weighted by molar-refractivity contribution is 5.96. The Bertz CT molecular complexity index is 511. The number of para-hydroxylation sites is 1. The molecule has 0 saturated carbocycles. The molecule has 0 amide bonds. The van der Waals surface area contributed by atoms with Gasteiger partial charge in [-0.2, -0.15) is 5.26 Å². The van der Waals surface area contributed by atoms with Gasteiger partial charge in [-0.05, 0) is 18.6 Å². The van der Waals surface area contributed by atoms with E-state index < -0.39 is 0 Å². The van der Waals surface area contributed by atoms with E-state index in [1.54, 1.807) is 0 Å². The average Bonchev–Trinajstić information content (AvgIpc) is 2.88. The Labute approximate surface area is 115 Å². The summed E-state index contributed by atoms with van der Waals surface area (Å²) in [7, 11) is 0. The van der Waals surface area contributed by atoms with Crippen molar-refractivity contribution in [1.82, 2.24) is 4.48 Å². The van der Waals surface area contributed by atoms with Crippen LogP contribution in [0.3, 0.4) is 0 Å². The standard InChI is InChI=1S/C16H20N3/c1-2-3-13-19(15-8-5-4-6-9-15)14-12-18-16(19)10-7-11-17/h4-6,8-9,12,14H,2-3,7,10,13H2,1H3/q+1. The highest BCUT2D eigenvalue weighted by Crippen LogP contribution is 2.30. The van der Waals surface area contributed by atoms with Crippen molar-refractivity contribution in [2.24, 2.45) is 4.99 Å². The maximum atomic E-state index is 8.81. The summed E-state index contributed by atoms with van der Waals surface area (Å²) < 4.78 is 0.691. The summed E-state index contributed by atoms with van der Waals surface area (Å²) in [6.45, 7) is 3.22. The average molecular weight is 254 g/mol. The van der Waals surface area contributed by atoms with Crippen LogP contribution in [0.5, 0.6) is 0 Å². The van der Waals surface area contributed by atoms with Crippen LogP contribution in [0.1, 0.15) is 32.6 Å². The lowest BCUT2D eigenvalue weighted by Gasteiger charge is -2.31. The van der Waals surface area contributed by atoms with Crippen molar-refractivity contribution in [2.75, 3.05) is 6.54 Å². The molecule has 1 aromatic rings. The van der Waals surface area contributed by atoms with Crippen molar-refractivity contribution in [1.29, 1.82) is 5.26 Å². The smallest absolute Gasteiger partial charge is 0.213 e. The molecule has 1 heterocycles. The molecule has 0 saturated heterocycles. The van der Waals surface area contributed by atoms with Crippen molar-refractivity contribution in [3.63, 3.8) is 0 Å². The molecular weight excluding hydrogens is 234 g/mol. The summed E-state index contributed by atoms with van der Waals surface area (Å²) in [4.78, 5) is 4.51. The minimum Gasteiger partial charge on any atom is -0.219 e. The molecule has 3 nitrogen and oxygen atoms in total. The molecule has 1 aliphatic rings. The number of unbranched alkanes of at least 4 members (excludes halogenated alkanes) is 1. The van der Waals surface area contributed by atoms with Gasteiger partial charge >= 0.3 is 0 Å². The second-order valence-corrected chi connectivity index (χ2v) is 4.78. The van der Waals surface area contributed by atoms with Gasteiger partial charge in [0.2, 0.25) is 5.84 Å². The summed E-state index contributed by atoms with van der Waals surface area (Å²) in [5, 5.41) is 8.81. The van der Waals surface area contributed by atoms with Gasteiger partial charge in [0.05, 0.1) is 25.2 Å². The number of nitrogens with zero attached hydrogens (tertiary/aromatic N) is 3. The summed E-state index contributed by atoms with van der Waals surface area (Å²) in [5.74, 6) is 1.08. The zero-order valence-corrected chi connectivity index (χ0v) is 11.4. The van der Waals surface area contributed by atoms with E-state index in [-0.39, 0.29) is 0 Å². The number of benzene rings is 1. The zero-order chi connectivity index (χ0) is 13.6. The number of rotatable bonds is 6. The lowest BCUT2D eigenvalue weighted by Crippen LogP contribution is -2.48. The van der Waals surface area contributed by atoms with Gasteiger partial charge in [-0.25, -0.2) is 9.48 Å².